The number of nitrogens with one attached hydrogen (secondary N) is 1. The van der Waals surface area contributed by atoms with Crippen molar-refractivity contribution in [2.75, 3.05) is 27.9 Å². The number of hydrogen-bond acceptors (Lipinski definition) is 5. The van der Waals surface area contributed by atoms with E-state index in [1.54, 1.807) is 25.3 Å². The molecular formula is C13H17NO5. The summed E-state index contributed by atoms with van der Waals surface area (Å²) in [6.45, 7) is -0.145. The van der Waals surface area contributed by atoms with E-state index < -0.39 is 5.97 Å². The summed E-state index contributed by atoms with van der Waals surface area (Å²) in [5.41, 5.74) is 0.714. The number of hydrogen-bond donors (Lipinski definition) is 1. The van der Waals surface area contributed by atoms with Crippen LogP contribution in [0.5, 0.6) is 11.5 Å². The molecule has 0 saturated carbocycles. The Morgan fingerprint density at radius 2 is 1.89 bits per heavy atom. The number of carbonyl (C=O) groups is 2. The number of esters is 1. The summed E-state index contributed by atoms with van der Waals surface area (Å²) in [5.74, 6) is 0.437. The lowest BCUT2D eigenvalue weighted by atomic mass is 10.1. The number of benzene rings is 1. The average Bonchev–Trinajstić information content (AvgIpc) is 2.45. The zero-order valence-corrected chi connectivity index (χ0v) is 11.2. The minimum absolute atomic E-state index is 0.115. The first-order valence-corrected chi connectivity index (χ1v) is 5.65. The van der Waals surface area contributed by atoms with E-state index in [-0.39, 0.29) is 18.9 Å². The van der Waals surface area contributed by atoms with Gasteiger partial charge in [0.1, 0.15) is 18.0 Å². The van der Waals surface area contributed by atoms with E-state index in [4.69, 9.17) is 9.47 Å². The van der Waals surface area contributed by atoms with Crippen LogP contribution in [0.1, 0.15) is 5.56 Å². The van der Waals surface area contributed by atoms with Gasteiger partial charge in [-0.1, -0.05) is 6.07 Å². The highest BCUT2D eigenvalue weighted by Gasteiger charge is 2.11. The predicted octanol–water partition coefficient (Wildman–Crippen LogP) is 0.535. The van der Waals surface area contributed by atoms with E-state index in [2.05, 4.69) is 10.1 Å². The second-order valence-corrected chi connectivity index (χ2v) is 3.71. The third-order valence-electron chi connectivity index (χ3n) is 2.50. The van der Waals surface area contributed by atoms with Gasteiger partial charge in [-0.05, 0) is 6.07 Å². The average molecular weight is 267 g/mol. The Morgan fingerprint density at radius 3 is 2.47 bits per heavy atom. The molecule has 6 heteroatoms. The maximum absolute atomic E-state index is 11.6. The van der Waals surface area contributed by atoms with Gasteiger partial charge in [-0.25, -0.2) is 0 Å². The molecule has 0 unspecified atom stereocenters. The number of amides is 1. The Labute approximate surface area is 111 Å². The Morgan fingerprint density at radius 1 is 1.16 bits per heavy atom. The molecule has 1 N–H and O–H groups in total. The first kappa shape index (κ1) is 14.8. The van der Waals surface area contributed by atoms with Crippen LogP contribution < -0.4 is 14.8 Å². The van der Waals surface area contributed by atoms with Gasteiger partial charge in [0, 0.05) is 11.6 Å². The van der Waals surface area contributed by atoms with Crippen LogP contribution in [0.15, 0.2) is 18.2 Å². The van der Waals surface area contributed by atoms with Gasteiger partial charge in [0.2, 0.25) is 5.91 Å². The lowest BCUT2D eigenvalue weighted by Gasteiger charge is -2.10. The first-order chi connectivity index (χ1) is 9.10. The molecule has 1 rings (SSSR count). The van der Waals surface area contributed by atoms with Crippen molar-refractivity contribution in [3.05, 3.63) is 23.8 Å². The fourth-order valence-corrected chi connectivity index (χ4v) is 1.48. The number of ether oxygens (including phenoxy) is 3. The lowest BCUT2D eigenvalue weighted by Crippen LogP contribution is -2.31. The first-order valence-electron chi connectivity index (χ1n) is 5.65. The van der Waals surface area contributed by atoms with Crippen molar-refractivity contribution in [1.82, 2.24) is 5.32 Å². The third-order valence-corrected chi connectivity index (χ3v) is 2.50. The van der Waals surface area contributed by atoms with Crippen molar-refractivity contribution in [2.24, 2.45) is 0 Å². The van der Waals surface area contributed by atoms with Gasteiger partial charge in [-0.15, -0.1) is 0 Å². The minimum Gasteiger partial charge on any atom is -0.497 e. The van der Waals surface area contributed by atoms with Crippen molar-refractivity contribution in [2.45, 2.75) is 6.42 Å². The van der Waals surface area contributed by atoms with Gasteiger partial charge in [0.15, 0.2) is 0 Å². The van der Waals surface area contributed by atoms with E-state index in [0.29, 0.717) is 17.1 Å². The van der Waals surface area contributed by atoms with E-state index >= 15 is 0 Å². The molecule has 104 valence electrons. The summed E-state index contributed by atoms with van der Waals surface area (Å²) < 4.78 is 14.7. The highest BCUT2D eigenvalue weighted by atomic mass is 16.5. The summed E-state index contributed by atoms with van der Waals surface area (Å²) in [5, 5.41) is 2.46. The van der Waals surface area contributed by atoms with Gasteiger partial charge >= 0.3 is 5.97 Å². The molecule has 0 aromatic heterocycles. The minimum atomic E-state index is -0.491. The van der Waals surface area contributed by atoms with Crippen molar-refractivity contribution < 1.29 is 23.8 Å². The topological polar surface area (TPSA) is 73.9 Å². The molecule has 0 bridgehead atoms. The normalized spacial score (nSPS) is 9.63. The molecule has 19 heavy (non-hydrogen) atoms. The van der Waals surface area contributed by atoms with Crippen LogP contribution in [-0.2, 0) is 20.7 Å². The van der Waals surface area contributed by atoms with Crippen LogP contribution in [0, 0.1) is 0 Å². The fraction of sp³-hybridized carbons (Fsp3) is 0.385. The smallest absolute Gasteiger partial charge is 0.325 e. The molecule has 0 aliphatic rings. The molecule has 0 atom stereocenters. The molecular weight excluding hydrogens is 250 g/mol. The quantitative estimate of drug-likeness (QED) is 0.761. The predicted molar refractivity (Wildman–Crippen MR) is 68.3 cm³/mol. The molecule has 0 spiro atoms. The number of methoxy groups -OCH3 is 3. The van der Waals surface area contributed by atoms with Crippen LogP contribution in [0.25, 0.3) is 0 Å². The van der Waals surface area contributed by atoms with E-state index in [1.807, 2.05) is 0 Å². The SMILES string of the molecule is COC(=O)CNC(=O)Cc1ccc(OC)cc1OC. The molecule has 0 radical (unpaired) electrons. The van der Waals surface area contributed by atoms with E-state index in [0.717, 1.165) is 0 Å². The standard InChI is InChI=1S/C13H17NO5/c1-17-10-5-4-9(11(7-10)18-2)6-12(15)14-8-13(16)19-3/h4-5,7H,6,8H2,1-3H3,(H,14,15). The monoisotopic (exact) mass is 267 g/mol. The van der Waals surface area contributed by atoms with Gasteiger partial charge in [-0.3, -0.25) is 9.59 Å². The molecule has 1 aromatic rings. The Kier molecular flexibility index (Phi) is 5.66. The largest absolute Gasteiger partial charge is 0.497 e. The maximum Gasteiger partial charge on any atom is 0.325 e. The molecule has 0 saturated heterocycles. The van der Waals surface area contributed by atoms with Crippen molar-refractivity contribution >= 4 is 11.9 Å². The second kappa shape index (κ2) is 7.25. The Bertz CT molecular complexity index is 458. The summed E-state index contributed by atoms with van der Waals surface area (Å²) in [6, 6.07) is 5.18. The zero-order valence-electron chi connectivity index (χ0n) is 11.2. The van der Waals surface area contributed by atoms with Gasteiger partial charge in [0.05, 0.1) is 27.8 Å². The molecule has 1 amide bonds. The summed E-state index contributed by atoms with van der Waals surface area (Å²) >= 11 is 0. The number of rotatable bonds is 6. The van der Waals surface area contributed by atoms with Gasteiger partial charge < -0.3 is 19.5 Å². The van der Waals surface area contributed by atoms with Crippen LogP contribution >= 0.6 is 0 Å². The lowest BCUT2D eigenvalue weighted by molar-refractivity contribution is -0.141. The van der Waals surface area contributed by atoms with Crippen LogP contribution in [0.3, 0.4) is 0 Å². The highest BCUT2D eigenvalue weighted by Crippen LogP contribution is 2.24. The summed E-state index contributed by atoms with van der Waals surface area (Å²) in [6.07, 6.45) is 0.115. The second-order valence-electron chi connectivity index (χ2n) is 3.71. The maximum atomic E-state index is 11.6. The van der Waals surface area contributed by atoms with Gasteiger partial charge in [0.25, 0.3) is 0 Å². The van der Waals surface area contributed by atoms with Crippen LogP contribution in [-0.4, -0.2) is 39.8 Å². The Hall–Kier alpha value is -2.24. The molecule has 0 heterocycles. The molecule has 1 aromatic carbocycles. The molecule has 0 fully saturated rings. The van der Waals surface area contributed by atoms with E-state index in [9.17, 15) is 9.59 Å². The molecule has 6 nitrogen and oxygen atoms in total. The zero-order chi connectivity index (χ0) is 14.3. The van der Waals surface area contributed by atoms with Crippen molar-refractivity contribution in [3.8, 4) is 11.5 Å². The highest BCUT2D eigenvalue weighted by molar-refractivity contribution is 5.83. The fourth-order valence-electron chi connectivity index (χ4n) is 1.48. The molecule has 0 aliphatic heterocycles. The summed E-state index contributed by atoms with van der Waals surface area (Å²) in [7, 11) is 4.34. The van der Waals surface area contributed by atoms with Crippen molar-refractivity contribution in [1.29, 1.82) is 0 Å². The van der Waals surface area contributed by atoms with Crippen LogP contribution in [0.4, 0.5) is 0 Å². The van der Waals surface area contributed by atoms with E-state index in [1.165, 1.54) is 14.2 Å². The summed E-state index contributed by atoms with van der Waals surface area (Å²) in [4.78, 5) is 22.5. The number of carbonyl (C=O) groups excluding carboxylic acids is 2. The van der Waals surface area contributed by atoms with Crippen molar-refractivity contribution in [3.63, 3.8) is 0 Å². The Balaban J connectivity index is 2.65. The van der Waals surface area contributed by atoms with Crippen LogP contribution in [0.2, 0.25) is 0 Å². The van der Waals surface area contributed by atoms with Gasteiger partial charge in [-0.2, -0.15) is 0 Å². The molecule has 0 aliphatic carbocycles. The third kappa shape index (κ3) is 4.50.